The SMILES string of the molecule is Cc1ccc2c(c1)OC=C1C=CC3(C=C12)OC(=O)c1ccccc13. The first-order valence-electron chi connectivity index (χ1n) is 7.89. The van der Waals surface area contributed by atoms with Gasteiger partial charge in [0.1, 0.15) is 5.75 Å². The Balaban J connectivity index is 1.73. The van der Waals surface area contributed by atoms with Gasteiger partial charge in [0.2, 0.25) is 0 Å². The summed E-state index contributed by atoms with van der Waals surface area (Å²) in [5, 5.41) is 0. The molecule has 116 valence electrons. The lowest BCUT2D eigenvalue weighted by molar-refractivity contribution is 0.0296. The van der Waals surface area contributed by atoms with E-state index < -0.39 is 5.60 Å². The molecule has 0 radical (unpaired) electrons. The van der Waals surface area contributed by atoms with Crippen molar-refractivity contribution in [3.63, 3.8) is 0 Å². The molecule has 24 heavy (non-hydrogen) atoms. The largest absolute Gasteiger partial charge is 0.464 e. The van der Waals surface area contributed by atoms with Gasteiger partial charge in [-0.25, -0.2) is 4.79 Å². The number of aryl methyl sites for hydroxylation is 1. The van der Waals surface area contributed by atoms with E-state index in [1.807, 2.05) is 55.5 Å². The summed E-state index contributed by atoms with van der Waals surface area (Å²) in [6.07, 6.45) is 7.67. The van der Waals surface area contributed by atoms with E-state index in [0.29, 0.717) is 5.56 Å². The van der Waals surface area contributed by atoms with Crippen molar-refractivity contribution in [2.45, 2.75) is 12.5 Å². The topological polar surface area (TPSA) is 35.5 Å². The number of rotatable bonds is 0. The molecule has 1 spiro atoms. The maximum atomic E-state index is 12.3. The van der Waals surface area contributed by atoms with Gasteiger partial charge in [0.15, 0.2) is 5.60 Å². The van der Waals surface area contributed by atoms with Crippen molar-refractivity contribution in [2.24, 2.45) is 0 Å². The summed E-state index contributed by atoms with van der Waals surface area (Å²) in [7, 11) is 0. The van der Waals surface area contributed by atoms with Crippen molar-refractivity contribution in [2.75, 3.05) is 0 Å². The Labute approximate surface area is 139 Å². The summed E-state index contributed by atoms with van der Waals surface area (Å²) in [5.41, 5.74) is 4.85. The molecule has 3 aliphatic rings. The number of hydrogen-bond acceptors (Lipinski definition) is 3. The van der Waals surface area contributed by atoms with E-state index in [9.17, 15) is 4.79 Å². The molecule has 0 bridgehead atoms. The predicted molar refractivity (Wildman–Crippen MR) is 90.5 cm³/mol. The Bertz CT molecular complexity index is 994. The van der Waals surface area contributed by atoms with Crippen LogP contribution in [0.25, 0.3) is 5.57 Å². The molecule has 3 nitrogen and oxygen atoms in total. The second-order valence-corrected chi connectivity index (χ2v) is 6.31. The summed E-state index contributed by atoms with van der Waals surface area (Å²) in [5.74, 6) is 0.545. The van der Waals surface area contributed by atoms with Gasteiger partial charge in [0.25, 0.3) is 0 Å². The highest BCUT2D eigenvalue weighted by Crippen LogP contribution is 2.47. The highest BCUT2D eigenvalue weighted by molar-refractivity contribution is 5.97. The maximum Gasteiger partial charge on any atom is 0.340 e. The molecular weight excluding hydrogens is 300 g/mol. The van der Waals surface area contributed by atoms with Crippen LogP contribution < -0.4 is 4.74 Å². The molecule has 1 aliphatic carbocycles. The molecule has 0 aromatic heterocycles. The number of benzene rings is 2. The van der Waals surface area contributed by atoms with Crippen LogP contribution in [0.1, 0.15) is 27.0 Å². The number of fused-ring (bicyclic) bond motifs is 5. The van der Waals surface area contributed by atoms with Crippen LogP contribution in [0.3, 0.4) is 0 Å². The van der Waals surface area contributed by atoms with Crippen LogP contribution in [-0.2, 0) is 10.3 Å². The zero-order valence-corrected chi connectivity index (χ0v) is 13.1. The molecule has 0 fully saturated rings. The fourth-order valence-corrected chi connectivity index (χ4v) is 3.56. The van der Waals surface area contributed by atoms with Crippen molar-refractivity contribution in [1.82, 2.24) is 0 Å². The standard InChI is InChI=1S/C21H14O3/c1-13-6-7-15-17-11-21(9-8-14(17)12-23-19(15)10-13)18-5-3-2-4-16(18)20(22)24-21/h2-12H,1H3. The van der Waals surface area contributed by atoms with Gasteiger partial charge in [-0.2, -0.15) is 0 Å². The Hall–Kier alpha value is -3.07. The molecule has 0 saturated heterocycles. The fourth-order valence-electron chi connectivity index (χ4n) is 3.56. The molecule has 2 aliphatic heterocycles. The van der Waals surface area contributed by atoms with Crippen molar-refractivity contribution >= 4 is 11.5 Å². The molecule has 2 heterocycles. The molecule has 1 unspecified atom stereocenters. The van der Waals surface area contributed by atoms with Crippen LogP contribution in [0.4, 0.5) is 0 Å². The van der Waals surface area contributed by atoms with Gasteiger partial charge in [-0.05, 0) is 42.3 Å². The third-order valence-corrected chi connectivity index (χ3v) is 4.75. The van der Waals surface area contributed by atoms with Crippen LogP contribution in [0.15, 0.2) is 72.5 Å². The van der Waals surface area contributed by atoms with E-state index in [2.05, 4.69) is 12.1 Å². The van der Waals surface area contributed by atoms with Gasteiger partial charge in [-0.1, -0.05) is 36.4 Å². The van der Waals surface area contributed by atoms with Gasteiger partial charge in [0, 0.05) is 16.7 Å². The number of ether oxygens (including phenoxy) is 2. The first-order chi connectivity index (χ1) is 11.7. The molecule has 0 saturated carbocycles. The summed E-state index contributed by atoms with van der Waals surface area (Å²) >= 11 is 0. The summed E-state index contributed by atoms with van der Waals surface area (Å²) in [6, 6.07) is 13.7. The quantitative estimate of drug-likeness (QED) is 0.681. The average Bonchev–Trinajstić information content (AvgIpc) is 2.87. The molecule has 5 rings (SSSR count). The van der Waals surface area contributed by atoms with Crippen molar-refractivity contribution in [1.29, 1.82) is 0 Å². The summed E-state index contributed by atoms with van der Waals surface area (Å²) in [4.78, 5) is 12.3. The first kappa shape index (κ1) is 13.4. The number of carbonyl (C=O) groups is 1. The minimum atomic E-state index is -0.833. The molecule has 2 aromatic rings. The van der Waals surface area contributed by atoms with Crippen molar-refractivity contribution in [3.8, 4) is 5.75 Å². The zero-order valence-electron chi connectivity index (χ0n) is 13.1. The minimum Gasteiger partial charge on any atom is -0.464 e. The molecule has 0 N–H and O–H groups in total. The Morgan fingerprint density at radius 1 is 1.04 bits per heavy atom. The van der Waals surface area contributed by atoms with E-state index in [0.717, 1.165) is 33.6 Å². The summed E-state index contributed by atoms with van der Waals surface area (Å²) < 4.78 is 11.5. The van der Waals surface area contributed by atoms with Crippen LogP contribution in [0.2, 0.25) is 0 Å². The predicted octanol–water partition coefficient (Wildman–Crippen LogP) is 4.29. The van der Waals surface area contributed by atoms with E-state index in [1.54, 1.807) is 6.26 Å². The number of hydrogen-bond donors (Lipinski definition) is 0. The minimum absolute atomic E-state index is 0.282. The van der Waals surface area contributed by atoms with E-state index in [1.165, 1.54) is 0 Å². The normalized spacial score (nSPS) is 22.8. The van der Waals surface area contributed by atoms with Crippen LogP contribution in [-0.4, -0.2) is 5.97 Å². The van der Waals surface area contributed by atoms with E-state index in [4.69, 9.17) is 9.47 Å². The number of carbonyl (C=O) groups excluding carboxylic acids is 1. The smallest absolute Gasteiger partial charge is 0.340 e. The Morgan fingerprint density at radius 2 is 1.92 bits per heavy atom. The summed E-state index contributed by atoms with van der Waals surface area (Å²) in [6.45, 7) is 2.04. The highest BCUT2D eigenvalue weighted by atomic mass is 16.6. The van der Waals surface area contributed by atoms with Gasteiger partial charge < -0.3 is 9.47 Å². The van der Waals surface area contributed by atoms with E-state index >= 15 is 0 Å². The second-order valence-electron chi connectivity index (χ2n) is 6.31. The third-order valence-electron chi connectivity index (χ3n) is 4.75. The number of esters is 1. The van der Waals surface area contributed by atoms with Crippen LogP contribution >= 0.6 is 0 Å². The van der Waals surface area contributed by atoms with Gasteiger partial charge in [-0.3, -0.25) is 0 Å². The maximum absolute atomic E-state index is 12.3. The van der Waals surface area contributed by atoms with Crippen molar-refractivity contribution in [3.05, 3.63) is 94.8 Å². The molecule has 0 amide bonds. The van der Waals surface area contributed by atoms with Gasteiger partial charge in [-0.15, -0.1) is 0 Å². The average molecular weight is 314 g/mol. The lowest BCUT2D eigenvalue weighted by Gasteiger charge is -2.29. The van der Waals surface area contributed by atoms with Crippen LogP contribution in [0.5, 0.6) is 5.75 Å². The lowest BCUT2D eigenvalue weighted by Crippen LogP contribution is -2.24. The van der Waals surface area contributed by atoms with Gasteiger partial charge >= 0.3 is 5.97 Å². The van der Waals surface area contributed by atoms with Crippen LogP contribution in [0, 0.1) is 6.92 Å². The van der Waals surface area contributed by atoms with E-state index in [-0.39, 0.29) is 5.97 Å². The molecular formula is C21H14O3. The zero-order chi connectivity index (χ0) is 16.3. The fraction of sp³-hybridized carbons (Fsp3) is 0.0952. The monoisotopic (exact) mass is 314 g/mol. The Kier molecular flexibility index (Phi) is 2.50. The molecule has 2 aromatic carbocycles. The Morgan fingerprint density at radius 3 is 2.83 bits per heavy atom. The number of allylic oxidation sites excluding steroid dienone is 3. The lowest BCUT2D eigenvalue weighted by atomic mass is 9.81. The molecule has 1 atom stereocenters. The van der Waals surface area contributed by atoms with Crippen molar-refractivity contribution < 1.29 is 14.3 Å². The highest BCUT2D eigenvalue weighted by Gasteiger charge is 2.44. The second kappa shape index (κ2) is 4.48. The van der Waals surface area contributed by atoms with Gasteiger partial charge in [0.05, 0.1) is 11.8 Å². The first-order valence-corrected chi connectivity index (χ1v) is 7.89. The third kappa shape index (κ3) is 1.69. The molecule has 3 heteroatoms.